The second-order valence-electron chi connectivity index (χ2n) is 2.52. The Kier molecular flexibility index (Phi) is 13.4. The van der Waals surface area contributed by atoms with Gasteiger partial charge in [-0.3, -0.25) is 0 Å². The molecule has 0 aromatic heterocycles. The summed E-state index contributed by atoms with van der Waals surface area (Å²) in [5.74, 6) is -0.486. The predicted octanol–water partition coefficient (Wildman–Crippen LogP) is -0.119. The van der Waals surface area contributed by atoms with Crippen molar-refractivity contribution >= 4 is 20.2 Å². The Labute approximate surface area is 104 Å². The minimum absolute atomic E-state index is 0. The van der Waals surface area contributed by atoms with Gasteiger partial charge in [-0.25, -0.2) is 16.8 Å². The molecule has 0 rings (SSSR count). The molecule has 0 aromatic carbocycles. The van der Waals surface area contributed by atoms with Crippen LogP contribution >= 0.6 is 0 Å². The first-order valence-corrected chi connectivity index (χ1v) is 7.15. The first-order chi connectivity index (χ1) is 6.12. The van der Waals surface area contributed by atoms with Crippen LogP contribution < -0.4 is 0 Å². The summed E-state index contributed by atoms with van der Waals surface area (Å²) in [6, 6.07) is 0. The third-order valence-electron chi connectivity index (χ3n) is 0.908. The van der Waals surface area contributed by atoms with Crippen LogP contribution in [0.1, 0.15) is 26.7 Å². The molecule has 88 valence electrons. The molecule has 0 aliphatic carbocycles. The van der Waals surface area contributed by atoms with Crippen LogP contribution in [-0.2, 0) is 39.7 Å². The van der Waals surface area contributed by atoms with Crippen molar-refractivity contribution in [2.75, 3.05) is 11.5 Å². The average molecular weight is 312 g/mol. The Morgan fingerprint density at radius 2 is 1.00 bits per heavy atom. The zero-order valence-corrected chi connectivity index (χ0v) is 13.4. The first kappa shape index (κ1) is 20.8. The molecule has 0 saturated carbocycles. The van der Waals surface area contributed by atoms with Gasteiger partial charge in [-0.1, -0.05) is 13.8 Å². The van der Waals surface area contributed by atoms with E-state index < -0.39 is 20.2 Å². The molecule has 6 nitrogen and oxygen atoms in total. The van der Waals surface area contributed by atoms with Gasteiger partial charge in [-0.2, -0.15) is 0 Å². The molecule has 0 saturated heterocycles. The first-order valence-electron chi connectivity index (χ1n) is 3.99. The molecule has 9 heteroatoms. The predicted molar refractivity (Wildman–Crippen MR) is 49.7 cm³/mol. The molecule has 0 amide bonds. The molecule has 0 N–H and O–H groups in total. The quantitative estimate of drug-likeness (QED) is 0.528. The van der Waals surface area contributed by atoms with E-state index in [1.54, 1.807) is 13.8 Å². The Bertz CT molecular complexity index is 286. The molecule has 0 radical (unpaired) electrons. The molecule has 0 fully saturated rings. The molecular formula is C6H14O6S2Zn. The monoisotopic (exact) mass is 310 g/mol. The molecule has 0 aliphatic rings. The smallest absolute Gasteiger partial charge is 0.748 e. The van der Waals surface area contributed by atoms with E-state index in [4.69, 9.17) is 0 Å². The van der Waals surface area contributed by atoms with Crippen molar-refractivity contribution in [2.45, 2.75) is 26.7 Å². The van der Waals surface area contributed by atoms with E-state index in [0.29, 0.717) is 12.8 Å². The molecule has 0 atom stereocenters. The van der Waals surface area contributed by atoms with Gasteiger partial charge in [-0.05, 0) is 12.8 Å². The Balaban J connectivity index is -0.000000180. The molecule has 15 heavy (non-hydrogen) atoms. The summed E-state index contributed by atoms with van der Waals surface area (Å²) in [5.41, 5.74) is 0. The van der Waals surface area contributed by atoms with E-state index in [0.717, 1.165) is 0 Å². The van der Waals surface area contributed by atoms with Crippen molar-refractivity contribution < 1.29 is 45.4 Å². The van der Waals surface area contributed by atoms with Gasteiger partial charge in [0, 0.05) is 11.5 Å². The molecule has 0 aliphatic heterocycles. The van der Waals surface area contributed by atoms with Crippen LogP contribution in [0.5, 0.6) is 0 Å². The number of hydrogen-bond acceptors (Lipinski definition) is 6. The molecule has 0 unspecified atom stereocenters. The van der Waals surface area contributed by atoms with Crippen molar-refractivity contribution in [3.8, 4) is 0 Å². The van der Waals surface area contributed by atoms with Crippen molar-refractivity contribution in [3.05, 3.63) is 0 Å². The summed E-state index contributed by atoms with van der Waals surface area (Å²) >= 11 is 0. The maximum absolute atomic E-state index is 9.68. The molecule has 0 aromatic rings. The fourth-order valence-electron chi connectivity index (χ4n) is 0.500. The van der Waals surface area contributed by atoms with Gasteiger partial charge >= 0.3 is 19.5 Å². The van der Waals surface area contributed by atoms with Gasteiger partial charge in [0.1, 0.15) is 0 Å². The third kappa shape index (κ3) is 31.4. The van der Waals surface area contributed by atoms with E-state index in [2.05, 4.69) is 0 Å². The van der Waals surface area contributed by atoms with Crippen LogP contribution in [0, 0.1) is 0 Å². The summed E-state index contributed by atoms with van der Waals surface area (Å²) < 4.78 is 58.1. The maximum Gasteiger partial charge on any atom is 2.00 e. The summed E-state index contributed by atoms with van der Waals surface area (Å²) in [7, 11) is -7.85. The van der Waals surface area contributed by atoms with Crippen LogP contribution in [0.15, 0.2) is 0 Å². The van der Waals surface area contributed by atoms with Gasteiger partial charge in [-0.15, -0.1) is 0 Å². The Hall–Kier alpha value is 0.443. The van der Waals surface area contributed by atoms with Crippen LogP contribution in [0.25, 0.3) is 0 Å². The molecule has 0 bridgehead atoms. The summed E-state index contributed by atoms with van der Waals surface area (Å²) in [6.07, 6.45) is 0.817. The standard InChI is InChI=1S/2C3H8O3S.Zn/c2*1-2-3-7(4,5)6;/h2*2-3H2,1H3,(H,4,5,6);/q;;+2/p-2. The van der Waals surface area contributed by atoms with E-state index in [1.807, 2.05) is 0 Å². The SMILES string of the molecule is CCCS(=O)(=O)[O-].CCCS(=O)(=O)[O-].[Zn+2]. The Morgan fingerprint density at radius 1 is 0.800 bits per heavy atom. The summed E-state index contributed by atoms with van der Waals surface area (Å²) in [6.45, 7) is 3.30. The van der Waals surface area contributed by atoms with E-state index in [-0.39, 0.29) is 31.0 Å². The minimum atomic E-state index is -3.92. The van der Waals surface area contributed by atoms with Gasteiger partial charge in [0.2, 0.25) is 0 Å². The van der Waals surface area contributed by atoms with Crippen LogP contribution in [0.4, 0.5) is 0 Å². The third-order valence-corrected chi connectivity index (χ3v) is 2.72. The van der Waals surface area contributed by atoms with Gasteiger partial charge < -0.3 is 9.11 Å². The van der Waals surface area contributed by atoms with Crippen molar-refractivity contribution in [3.63, 3.8) is 0 Å². The van der Waals surface area contributed by atoms with Crippen LogP contribution in [0.2, 0.25) is 0 Å². The van der Waals surface area contributed by atoms with Crippen molar-refractivity contribution in [1.82, 2.24) is 0 Å². The van der Waals surface area contributed by atoms with E-state index in [1.165, 1.54) is 0 Å². The van der Waals surface area contributed by atoms with E-state index >= 15 is 0 Å². The fraction of sp³-hybridized carbons (Fsp3) is 1.00. The van der Waals surface area contributed by atoms with Crippen LogP contribution in [-0.4, -0.2) is 37.4 Å². The van der Waals surface area contributed by atoms with Crippen LogP contribution in [0.3, 0.4) is 0 Å². The normalized spacial score (nSPS) is 10.9. The van der Waals surface area contributed by atoms with Gasteiger partial charge in [0.15, 0.2) is 0 Å². The molecular weight excluding hydrogens is 298 g/mol. The average Bonchev–Trinajstić information content (AvgIpc) is 1.81. The zero-order chi connectivity index (χ0) is 11.8. The number of rotatable bonds is 4. The second-order valence-corrected chi connectivity index (χ2v) is 5.57. The maximum atomic E-state index is 9.68. The number of hydrogen-bond donors (Lipinski definition) is 0. The van der Waals surface area contributed by atoms with Gasteiger partial charge in [0.25, 0.3) is 0 Å². The fourth-order valence-corrected chi connectivity index (χ4v) is 1.50. The topological polar surface area (TPSA) is 114 Å². The van der Waals surface area contributed by atoms with Crippen molar-refractivity contribution in [2.24, 2.45) is 0 Å². The second kappa shape index (κ2) is 9.65. The van der Waals surface area contributed by atoms with Crippen molar-refractivity contribution in [1.29, 1.82) is 0 Å². The van der Waals surface area contributed by atoms with E-state index in [9.17, 15) is 25.9 Å². The molecule has 0 spiro atoms. The molecule has 0 heterocycles. The summed E-state index contributed by atoms with van der Waals surface area (Å²) in [4.78, 5) is 0. The Morgan fingerprint density at radius 3 is 1.00 bits per heavy atom. The van der Waals surface area contributed by atoms with Gasteiger partial charge in [0.05, 0.1) is 20.2 Å². The summed E-state index contributed by atoms with van der Waals surface area (Å²) in [5, 5.41) is 0. The minimum Gasteiger partial charge on any atom is -0.748 e. The zero-order valence-electron chi connectivity index (χ0n) is 8.80. The largest absolute Gasteiger partial charge is 2.00 e.